The van der Waals surface area contributed by atoms with Gasteiger partial charge in [-0.05, 0) is 66.2 Å². The Kier molecular flexibility index (Phi) is 3.78. The van der Waals surface area contributed by atoms with Crippen LogP contribution in [-0.4, -0.2) is 40.4 Å². The predicted octanol–water partition coefficient (Wildman–Crippen LogP) is 3.64. The predicted molar refractivity (Wildman–Crippen MR) is 91.6 cm³/mol. The van der Waals surface area contributed by atoms with Crippen LogP contribution < -0.4 is 0 Å². The molecule has 6 atom stereocenters. The molecule has 1 spiro atoms. The minimum Gasteiger partial charge on any atom is -0.366 e. The summed E-state index contributed by atoms with van der Waals surface area (Å²) in [6.07, 6.45) is 10.0. The highest BCUT2D eigenvalue weighted by Gasteiger charge is 2.79. The lowest BCUT2D eigenvalue weighted by molar-refractivity contribution is -0.154. The molecule has 3 heterocycles. The summed E-state index contributed by atoms with van der Waals surface area (Å²) in [5, 5.41) is 10.3. The Morgan fingerprint density at radius 3 is 2.67 bits per heavy atom. The Morgan fingerprint density at radius 2 is 1.92 bits per heavy atom. The van der Waals surface area contributed by atoms with Crippen molar-refractivity contribution in [3.8, 4) is 0 Å². The Morgan fingerprint density at radius 1 is 1.12 bits per heavy atom. The highest BCUT2D eigenvalue weighted by molar-refractivity contribution is 5.29. The molecule has 0 aromatic heterocycles. The SMILES string of the molecule is CC1=C[C@@H]2O[C@@H](O)[C@@]3(C)O[C@@]23CCC(C)=CCC[C@@]2(C)O[C@H]2CC1. The van der Waals surface area contributed by atoms with Gasteiger partial charge in [0, 0.05) is 0 Å². The van der Waals surface area contributed by atoms with Gasteiger partial charge in [-0.25, -0.2) is 0 Å². The van der Waals surface area contributed by atoms with Crippen molar-refractivity contribution in [2.45, 2.75) is 102 Å². The molecule has 0 radical (unpaired) electrons. The van der Waals surface area contributed by atoms with Crippen LogP contribution >= 0.6 is 0 Å². The van der Waals surface area contributed by atoms with E-state index >= 15 is 0 Å². The molecular weight excluding hydrogens is 304 g/mol. The van der Waals surface area contributed by atoms with Crippen LogP contribution in [0, 0.1) is 0 Å². The van der Waals surface area contributed by atoms with E-state index in [1.54, 1.807) is 0 Å². The number of ether oxygens (including phenoxy) is 3. The molecule has 3 fully saturated rings. The second-order valence-electron chi connectivity index (χ2n) is 8.57. The smallest absolute Gasteiger partial charge is 0.187 e. The maximum atomic E-state index is 10.3. The molecule has 24 heavy (non-hydrogen) atoms. The first-order chi connectivity index (χ1) is 11.3. The van der Waals surface area contributed by atoms with Crippen LogP contribution in [0.4, 0.5) is 0 Å². The van der Waals surface area contributed by atoms with Gasteiger partial charge in [-0.1, -0.05) is 23.3 Å². The summed E-state index contributed by atoms with van der Waals surface area (Å²) in [4.78, 5) is 0. The Hall–Kier alpha value is -0.680. The molecule has 4 nitrogen and oxygen atoms in total. The highest BCUT2D eigenvalue weighted by atomic mass is 16.7. The van der Waals surface area contributed by atoms with Gasteiger partial charge in [-0.2, -0.15) is 0 Å². The summed E-state index contributed by atoms with van der Waals surface area (Å²) in [5.74, 6) is 0. The zero-order valence-electron chi connectivity index (χ0n) is 15.3. The van der Waals surface area contributed by atoms with Crippen molar-refractivity contribution in [3.63, 3.8) is 0 Å². The molecule has 134 valence electrons. The minimum absolute atomic E-state index is 0.0701. The van der Waals surface area contributed by atoms with Crippen LogP contribution in [0.5, 0.6) is 0 Å². The maximum absolute atomic E-state index is 10.3. The van der Waals surface area contributed by atoms with E-state index in [9.17, 15) is 5.11 Å². The fraction of sp³-hybridized carbons (Fsp3) is 0.800. The van der Waals surface area contributed by atoms with Gasteiger partial charge in [0.25, 0.3) is 0 Å². The second-order valence-corrected chi connectivity index (χ2v) is 8.57. The number of aliphatic hydroxyl groups is 1. The molecule has 4 rings (SSSR count). The zero-order valence-corrected chi connectivity index (χ0v) is 15.3. The van der Waals surface area contributed by atoms with Gasteiger partial charge in [-0.3, -0.25) is 0 Å². The van der Waals surface area contributed by atoms with Crippen molar-refractivity contribution in [1.29, 1.82) is 0 Å². The Labute approximate surface area is 144 Å². The van der Waals surface area contributed by atoms with E-state index in [2.05, 4.69) is 32.9 Å². The fourth-order valence-electron chi connectivity index (χ4n) is 4.61. The molecule has 4 aliphatic rings. The third kappa shape index (κ3) is 2.50. The largest absolute Gasteiger partial charge is 0.366 e. The average molecular weight is 334 g/mol. The number of allylic oxidation sites excluding steroid dienone is 3. The molecule has 1 aliphatic carbocycles. The molecule has 0 unspecified atom stereocenters. The molecule has 0 bridgehead atoms. The van der Waals surface area contributed by atoms with Crippen molar-refractivity contribution in [3.05, 3.63) is 23.3 Å². The van der Waals surface area contributed by atoms with E-state index < -0.39 is 11.9 Å². The molecule has 0 saturated carbocycles. The number of aliphatic hydroxyl groups excluding tert-OH is 1. The normalized spacial score (nSPS) is 51.5. The van der Waals surface area contributed by atoms with E-state index in [4.69, 9.17) is 14.2 Å². The van der Waals surface area contributed by atoms with Gasteiger partial charge in [0.2, 0.25) is 0 Å². The number of fused-ring (bicyclic) bond motifs is 1. The third-order valence-corrected chi connectivity index (χ3v) is 6.70. The van der Waals surface area contributed by atoms with Crippen molar-refractivity contribution < 1.29 is 19.3 Å². The van der Waals surface area contributed by atoms with Gasteiger partial charge >= 0.3 is 0 Å². The molecular formula is C20H30O4. The molecule has 1 N–H and O–H groups in total. The van der Waals surface area contributed by atoms with Gasteiger partial charge in [0.05, 0.1) is 11.7 Å². The average Bonchev–Trinajstić information content (AvgIpc) is 3.34. The van der Waals surface area contributed by atoms with Gasteiger partial charge in [-0.15, -0.1) is 0 Å². The first kappa shape index (κ1) is 16.8. The van der Waals surface area contributed by atoms with Gasteiger partial charge in [0.15, 0.2) is 6.29 Å². The van der Waals surface area contributed by atoms with E-state index in [1.807, 2.05) is 6.92 Å². The molecule has 0 aromatic rings. The highest BCUT2D eigenvalue weighted by Crippen LogP contribution is 2.62. The summed E-state index contributed by atoms with van der Waals surface area (Å²) in [6.45, 7) is 8.56. The monoisotopic (exact) mass is 334 g/mol. The number of hydrogen-bond acceptors (Lipinski definition) is 4. The molecule has 0 aromatic carbocycles. The topological polar surface area (TPSA) is 54.5 Å². The quantitative estimate of drug-likeness (QED) is 0.543. The van der Waals surface area contributed by atoms with Crippen LogP contribution in [0.2, 0.25) is 0 Å². The van der Waals surface area contributed by atoms with Crippen LogP contribution in [0.3, 0.4) is 0 Å². The van der Waals surface area contributed by atoms with Crippen molar-refractivity contribution in [2.75, 3.05) is 0 Å². The lowest BCUT2D eigenvalue weighted by Gasteiger charge is -2.19. The third-order valence-electron chi connectivity index (χ3n) is 6.70. The van der Waals surface area contributed by atoms with Crippen LogP contribution in [0.15, 0.2) is 23.3 Å². The lowest BCUT2D eigenvalue weighted by atomic mass is 9.84. The number of epoxide rings is 2. The molecule has 0 amide bonds. The Balaban J connectivity index is 1.57. The zero-order chi connectivity index (χ0) is 17.2. The van der Waals surface area contributed by atoms with Crippen LogP contribution in [0.25, 0.3) is 0 Å². The van der Waals surface area contributed by atoms with Crippen molar-refractivity contribution >= 4 is 0 Å². The van der Waals surface area contributed by atoms with Gasteiger partial charge < -0.3 is 19.3 Å². The number of rotatable bonds is 0. The van der Waals surface area contributed by atoms with Crippen molar-refractivity contribution in [2.24, 2.45) is 0 Å². The van der Waals surface area contributed by atoms with E-state index in [-0.39, 0.29) is 17.3 Å². The van der Waals surface area contributed by atoms with E-state index in [0.717, 1.165) is 38.5 Å². The van der Waals surface area contributed by atoms with E-state index in [0.29, 0.717) is 6.10 Å². The van der Waals surface area contributed by atoms with Crippen LogP contribution in [0.1, 0.15) is 66.2 Å². The first-order valence-electron chi connectivity index (χ1n) is 9.34. The molecule has 4 heteroatoms. The summed E-state index contributed by atoms with van der Waals surface area (Å²) in [5.41, 5.74) is 1.84. The minimum atomic E-state index is -0.832. The Bertz CT molecular complexity index is 596. The van der Waals surface area contributed by atoms with Crippen LogP contribution in [-0.2, 0) is 14.2 Å². The molecule has 3 aliphatic heterocycles. The molecule has 3 saturated heterocycles. The van der Waals surface area contributed by atoms with E-state index in [1.165, 1.54) is 11.1 Å². The van der Waals surface area contributed by atoms with Gasteiger partial charge in [0.1, 0.15) is 17.3 Å². The second kappa shape index (κ2) is 5.41. The summed E-state index contributed by atoms with van der Waals surface area (Å²) in [6, 6.07) is 0. The number of hydrogen-bond donors (Lipinski definition) is 1. The maximum Gasteiger partial charge on any atom is 0.187 e. The standard InChI is InChI=1S/C20H30O4/c1-13-6-5-10-18(3)15(23-18)8-7-14(2)12-16-20(11-9-13)19(4,24-20)17(21)22-16/h6,12,15-17,21H,5,7-11H2,1-4H3/t15-,16-,17+,18+,19+,20-/m0/s1. The first-order valence-corrected chi connectivity index (χ1v) is 9.34. The lowest BCUT2D eigenvalue weighted by Crippen LogP contribution is -2.30. The summed E-state index contributed by atoms with van der Waals surface area (Å²) in [7, 11) is 0. The summed E-state index contributed by atoms with van der Waals surface area (Å²) < 4.78 is 17.9. The summed E-state index contributed by atoms with van der Waals surface area (Å²) >= 11 is 0. The fourth-order valence-corrected chi connectivity index (χ4v) is 4.61. The van der Waals surface area contributed by atoms with Crippen molar-refractivity contribution in [1.82, 2.24) is 0 Å².